The van der Waals surface area contributed by atoms with Crippen LogP contribution in [0.4, 0.5) is 5.69 Å². The third-order valence-electron chi connectivity index (χ3n) is 2.87. The first-order chi connectivity index (χ1) is 7.17. The smallest absolute Gasteiger partial charge is 0.0366 e. The van der Waals surface area contributed by atoms with Crippen LogP contribution in [0.15, 0.2) is 24.3 Å². The summed E-state index contributed by atoms with van der Waals surface area (Å²) in [5, 5.41) is 0. The summed E-state index contributed by atoms with van der Waals surface area (Å²) in [4.78, 5) is 2.30. The molecule has 1 unspecified atom stereocenters. The predicted molar refractivity (Wildman–Crippen MR) is 67.1 cm³/mol. The Morgan fingerprint density at radius 3 is 2.73 bits per heavy atom. The van der Waals surface area contributed by atoms with Gasteiger partial charge in [0.2, 0.25) is 0 Å². The molecule has 0 amide bonds. The molecule has 1 rings (SSSR count). The lowest BCUT2D eigenvalue weighted by Gasteiger charge is -2.23. The number of nitrogens with two attached hydrogens (primary N) is 1. The third kappa shape index (κ3) is 3.56. The molecule has 0 aliphatic rings. The molecular weight excluding hydrogens is 184 g/mol. The minimum absolute atomic E-state index is 0.616. The second kappa shape index (κ2) is 5.76. The van der Waals surface area contributed by atoms with E-state index in [2.05, 4.69) is 50.1 Å². The second-order valence-corrected chi connectivity index (χ2v) is 4.27. The predicted octanol–water partition coefficient (Wildman–Crippen LogP) is 2.63. The van der Waals surface area contributed by atoms with Gasteiger partial charge in [-0.25, -0.2) is 0 Å². The van der Waals surface area contributed by atoms with E-state index in [0.717, 1.165) is 12.5 Å². The van der Waals surface area contributed by atoms with Gasteiger partial charge in [-0.05, 0) is 23.6 Å². The fourth-order valence-electron chi connectivity index (χ4n) is 1.62. The number of hydrogen-bond acceptors (Lipinski definition) is 2. The molecule has 1 aromatic rings. The molecular formula is C13H22N2. The topological polar surface area (TPSA) is 29.3 Å². The highest BCUT2D eigenvalue weighted by atomic mass is 15.1. The molecule has 2 heteroatoms. The molecule has 0 saturated carbocycles. The summed E-state index contributed by atoms with van der Waals surface area (Å²) < 4.78 is 0. The Bertz CT molecular complexity index is 296. The van der Waals surface area contributed by atoms with Crippen molar-refractivity contribution >= 4 is 5.69 Å². The zero-order valence-electron chi connectivity index (χ0n) is 10.0. The van der Waals surface area contributed by atoms with Gasteiger partial charge in [0.05, 0.1) is 0 Å². The van der Waals surface area contributed by atoms with Gasteiger partial charge in [-0.15, -0.1) is 0 Å². The molecule has 0 aliphatic carbocycles. The number of benzene rings is 1. The molecule has 1 aromatic carbocycles. The van der Waals surface area contributed by atoms with Gasteiger partial charge in [-0.3, -0.25) is 0 Å². The monoisotopic (exact) mass is 206 g/mol. The average Bonchev–Trinajstić information content (AvgIpc) is 2.28. The van der Waals surface area contributed by atoms with Crippen molar-refractivity contribution in [3.8, 4) is 0 Å². The number of nitrogens with zero attached hydrogens (tertiary/aromatic N) is 1. The van der Waals surface area contributed by atoms with Crippen LogP contribution < -0.4 is 10.6 Å². The van der Waals surface area contributed by atoms with Crippen LogP contribution >= 0.6 is 0 Å². The van der Waals surface area contributed by atoms with E-state index in [4.69, 9.17) is 5.73 Å². The van der Waals surface area contributed by atoms with Crippen LogP contribution in [-0.2, 0) is 6.54 Å². The quantitative estimate of drug-likeness (QED) is 0.802. The van der Waals surface area contributed by atoms with E-state index in [1.807, 2.05) is 0 Å². The highest BCUT2D eigenvalue weighted by Gasteiger charge is 2.05. The van der Waals surface area contributed by atoms with Gasteiger partial charge in [-0.2, -0.15) is 0 Å². The molecule has 0 saturated heterocycles. The molecule has 0 aromatic heterocycles. The first-order valence-electron chi connectivity index (χ1n) is 5.67. The van der Waals surface area contributed by atoms with Gasteiger partial charge in [0.1, 0.15) is 0 Å². The molecule has 0 aliphatic heterocycles. The van der Waals surface area contributed by atoms with E-state index in [0.29, 0.717) is 6.54 Å². The SMILES string of the molecule is CCC(C)CN(C)c1cccc(CN)c1. The summed E-state index contributed by atoms with van der Waals surface area (Å²) in [6.07, 6.45) is 1.22. The van der Waals surface area contributed by atoms with Gasteiger partial charge in [0.15, 0.2) is 0 Å². The Balaban J connectivity index is 2.68. The van der Waals surface area contributed by atoms with Crippen LogP contribution in [-0.4, -0.2) is 13.6 Å². The molecule has 15 heavy (non-hydrogen) atoms. The van der Waals surface area contributed by atoms with Crippen LogP contribution in [0.2, 0.25) is 0 Å². The number of rotatable bonds is 5. The zero-order valence-corrected chi connectivity index (χ0v) is 10.0. The van der Waals surface area contributed by atoms with Crippen molar-refractivity contribution in [2.45, 2.75) is 26.8 Å². The Morgan fingerprint density at radius 1 is 1.40 bits per heavy atom. The minimum Gasteiger partial charge on any atom is -0.374 e. The van der Waals surface area contributed by atoms with Gasteiger partial charge in [0.25, 0.3) is 0 Å². The van der Waals surface area contributed by atoms with Crippen LogP contribution in [0.1, 0.15) is 25.8 Å². The summed E-state index contributed by atoms with van der Waals surface area (Å²) in [5.41, 5.74) is 8.09. The Morgan fingerprint density at radius 2 is 2.13 bits per heavy atom. The molecule has 2 nitrogen and oxygen atoms in total. The fourth-order valence-corrected chi connectivity index (χ4v) is 1.62. The summed E-state index contributed by atoms with van der Waals surface area (Å²) in [5.74, 6) is 0.733. The van der Waals surface area contributed by atoms with E-state index in [1.165, 1.54) is 17.7 Å². The van der Waals surface area contributed by atoms with E-state index in [-0.39, 0.29) is 0 Å². The standard InChI is InChI=1S/C13H22N2/c1-4-11(2)10-15(3)13-7-5-6-12(8-13)9-14/h5-8,11H,4,9-10,14H2,1-3H3. The maximum absolute atomic E-state index is 5.63. The van der Waals surface area contributed by atoms with Crippen molar-refractivity contribution in [3.63, 3.8) is 0 Å². The Labute approximate surface area is 93.1 Å². The highest BCUT2D eigenvalue weighted by molar-refractivity contribution is 5.47. The summed E-state index contributed by atoms with van der Waals surface area (Å²) >= 11 is 0. The van der Waals surface area contributed by atoms with Gasteiger partial charge in [-0.1, -0.05) is 32.4 Å². The molecule has 2 N–H and O–H groups in total. The average molecular weight is 206 g/mol. The lowest BCUT2D eigenvalue weighted by Crippen LogP contribution is -2.23. The first-order valence-corrected chi connectivity index (χ1v) is 5.67. The van der Waals surface area contributed by atoms with Crippen LogP contribution in [0.25, 0.3) is 0 Å². The number of anilines is 1. The van der Waals surface area contributed by atoms with Crippen molar-refractivity contribution in [2.75, 3.05) is 18.5 Å². The normalized spacial score (nSPS) is 12.5. The van der Waals surface area contributed by atoms with Gasteiger partial charge < -0.3 is 10.6 Å². The van der Waals surface area contributed by atoms with E-state index in [9.17, 15) is 0 Å². The van der Waals surface area contributed by atoms with Gasteiger partial charge in [0, 0.05) is 25.8 Å². The molecule has 84 valence electrons. The minimum atomic E-state index is 0.616. The first kappa shape index (κ1) is 12.1. The van der Waals surface area contributed by atoms with Crippen LogP contribution in [0, 0.1) is 5.92 Å². The Hall–Kier alpha value is -1.02. The zero-order chi connectivity index (χ0) is 11.3. The summed E-state index contributed by atoms with van der Waals surface area (Å²) in [7, 11) is 2.14. The third-order valence-corrected chi connectivity index (χ3v) is 2.87. The lowest BCUT2D eigenvalue weighted by molar-refractivity contribution is 0.560. The molecule has 0 bridgehead atoms. The summed E-state index contributed by atoms with van der Waals surface area (Å²) in [6, 6.07) is 8.45. The van der Waals surface area contributed by atoms with Crippen molar-refractivity contribution in [1.29, 1.82) is 0 Å². The van der Waals surface area contributed by atoms with Crippen molar-refractivity contribution in [2.24, 2.45) is 11.7 Å². The van der Waals surface area contributed by atoms with Gasteiger partial charge >= 0.3 is 0 Å². The summed E-state index contributed by atoms with van der Waals surface area (Å²) in [6.45, 7) is 6.23. The molecule has 0 spiro atoms. The molecule has 0 radical (unpaired) electrons. The highest BCUT2D eigenvalue weighted by Crippen LogP contribution is 2.16. The van der Waals surface area contributed by atoms with Crippen LogP contribution in [0.5, 0.6) is 0 Å². The van der Waals surface area contributed by atoms with E-state index in [1.54, 1.807) is 0 Å². The second-order valence-electron chi connectivity index (χ2n) is 4.27. The number of hydrogen-bond donors (Lipinski definition) is 1. The van der Waals surface area contributed by atoms with E-state index < -0.39 is 0 Å². The van der Waals surface area contributed by atoms with Crippen LogP contribution in [0.3, 0.4) is 0 Å². The molecule has 0 fully saturated rings. The molecule has 0 heterocycles. The fraction of sp³-hybridized carbons (Fsp3) is 0.538. The van der Waals surface area contributed by atoms with Crippen molar-refractivity contribution in [1.82, 2.24) is 0 Å². The van der Waals surface area contributed by atoms with Crippen molar-refractivity contribution < 1.29 is 0 Å². The maximum Gasteiger partial charge on any atom is 0.0366 e. The largest absolute Gasteiger partial charge is 0.374 e. The van der Waals surface area contributed by atoms with Crippen molar-refractivity contribution in [3.05, 3.63) is 29.8 Å². The maximum atomic E-state index is 5.63. The molecule has 1 atom stereocenters. The lowest BCUT2D eigenvalue weighted by atomic mass is 10.1. The van der Waals surface area contributed by atoms with E-state index >= 15 is 0 Å². The Kier molecular flexibility index (Phi) is 4.63.